The Labute approximate surface area is 72.6 Å². The Balaban J connectivity index is 2.50. The molecule has 0 saturated carbocycles. The minimum Gasteiger partial charge on any atom is -0.353 e. The SMILES string of the molecule is Cc1c(S)[nH]c2c1CCCC2. The first-order chi connectivity index (χ1) is 5.29. The second-order valence-electron chi connectivity index (χ2n) is 3.26. The van der Waals surface area contributed by atoms with Crippen molar-refractivity contribution in [2.45, 2.75) is 37.6 Å². The largest absolute Gasteiger partial charge is 0.353 e. The summed E-state index contributed by atoms with van der Waals surface area (Å²) in [6.45, 7) is 2.16. The van der Waals surface area contributed by atoms with Gasteiger partial charge < -0.3 is 4.98 Å². The Bertz CT molecular complexity index is 275. The molecule has 0 spiro atoms. The maximum absolute atomic E-state index is 4.37. The first kappa shape index (κ1) is 7.29. The summed E-state index contributed by atoms with van der Waals surface area (Å²) >= 11 is 4.37. The minimum absolute atomic E-state index is 1.07. The minimum atomic E-state index is 1.07. The molecule has 2 rings (SSSR count). The fourth-order valence-corrected chi connectivity index (χ4v) is 2.11. The highest BCUT2D eigenvalue weighted by molar-refractivity contribution is 7.80. The molecule has 1 aromatic heterocycles. The summed E-state index contributed by atoms with van der Waals surface area (Å²) in [6.07, 6.45) is 5.15. The number of thiol groups is 1. The third-order valence-corrected chi connectivity index (χ3v) is 2.99. The number of hydrogen-bond acceptors (Lipinski definition) is 1. The van der Waals surface area contributed by atoms with Crippen LogP contribution in [0, 0.1) is 6.92 Å². The molecule has 1 N–H and O–H groups in total. The van der Waals surface area contributed by atoms with Crippen LogP contribution in [-0.2, 0) is 12.8 Å². The Morgan fingerprint density at radius 1 is 1.27 bits per heavy atom. The van der Waals surface area contributed by atoms with Crippen LogP contribution in [0.3, 0.4) is 0 Å². The van der Waals surface area contributed by atoms with E-state index in [0.29, 0.717) is 0 Å². The summed E-state index contributed by atoms with van der Waals surface area (Å²) < 4.78 is 0. The number of hydrogen-bond donors (Lipinski definition) is 2. The fourth-order valence-electron chi connectivity index (χ4n) is 1.84. The van der Waals surface area contributed by atoms with Gasteiger partial charge in [0.2, 0.25) is 0 Å². The molecule has 60 valence electrons. The molecule has 0 radical (unpaired) electrons. The van der Waals surface area contributed by atoms with Crippen LogP contribution >= 0.6 is 12.6 Å². The van der Waals surface area contributed by atoms with Crippen molar-refractivity contribution >= 4 is 12.6 Å². The van der Waals surface area contributed by atoms with Crippen LogP contribution < -0.4 is 0 Å². The molecule has 2 heteroatoms. The summed E-state index contributed by atoms with van der Waals surface area (Å²) in [5.74, 6) is 0. The van der Waals surface area contributed by atoms with Gasteiger partial charge in [0.25, 0.3) is 0 Å². The van der Waals surface area contributed by atoms with Crippen LogP contribution in [0.25, 0.3) is 0 Å². The van der Waals surface area contributed by atoms with Gasteiger partial charge in [0, 0.05) is 5.69 Å². The molecular weight excluding hydrogens is 154 g/mol. The van der Waals surface area contributed by atoms with Gasteiger partial charge in [-0.25, -0.2) is 0 Å². The quantitative estimate of drug-likeness (QED) is 0.552. The molecular formula is C9H13NS. The Morgan fingerprint density at radius 3 is 2.73 bits per heavy atom. The third-order valence-electron chi connectivity index (χ3n) is 2.54. The average Bonchev–Trinajstić information content (AvgIpc) is 2.30. The summed E-state index contributed by atoms with van der Waals surface area (Å²) in [5.41, 5.74) is 4.32. The van der Waals surface area contributed by atoms with Crippen molar-refractivity contribution in [2.75, 3.05) is 0 Å². The average molecular weight is 167 g/mol. The topological polar surface area (TPSA) is 15.8 Å². The van der Waals surface area contributed by atoms with Crippen molar-refractivity contribution in [3.8, 4) is 0 Å². The van der Waals surface area contributed by atoms with Crippen LogP contribution in [0.1, 0.15) is 29.7 Å². The molecule has 0 atom stereocenters. The molecule has 0 unspecified atom stereocenters. The van der Waals surface area contributed by atoms with Gasteiger partial charge >= 0.3 is 0 Å². The van der Waals surface area contributed by atoms with Crippen molar-refractivity contribution in [1.82, 2.24) is 4.98 Å². The molecule has 0 saturated heterocycles. The highest BCUT2D eigenvalue weighted by atomic mass is 32.1. The predicted molar refractivity (Wildman–Crippen MR) is 49.4 cm³/mol. The summed E-state index contributed by atoms with van der Waals surface area (Å²) in [7, 11) is 0. The van der Waals surface area contributed by atoms with E-state index >= 15 is 0 Å². The van der Waals surface area contributed by atoms with Crippen molar-refractivity contribution < 1.29 is 0 Å². The van der Waals surface area contributed by atoms with E-state index < -0.39 is 0 Å². The van der Waals surface area contributed by atoms with E-state index in [2.05, 4.69) is 24.5 Å². The zero-order chi connectivity index (χ0) is 7.84. The lowest BCUT2D eigenvalue weighted by molar-refractivity contribution is 0.674. The highest BCUT2D eigenvalue weighted by Gasteiger charge is 2.14. The lowest BCUT2D eigenvalue weighted by Gasteiger charge is -2.10. The van der Waals surface area contributed by atoms with Gasteiger partial charge in [-0.1, -0.05) is 0 Å². The molecule has 0 aromatic carbocycles. The zero-order valence-electron chi connectivity index (χ0n) is 6.78. The Morgan fingerprint density at radius 2 is 2.00 bits per heavy atom. The standard InChI is InChI=1S/C9H13NS/c1-6-7-4-2-3-5-8(7)10-9(6)11/h10-11H,2-5H2,1H3. The van der Waals surface area contributed by atoms with Gasteiger partial charge in [-0.05, 0) is 43.7 Å². The molecule has 1 heterocycles. The van der Waals surface area contributed by atoms with E-state index in [1.807, 2.05) is 0 Å². The van der Waals surface area contributed by atoms with Crippen LogP contribution in [0.5, 0.6) is 0 Å². The van der Waals surface area contributed by atoms with Crippen molar-refractivity contribution in [2.24, 2.45) is 0 Å². The van der Waals surface area contributed by atoms with Crippen LogP contribution in [0.2, 0.25) is 0 Å². The van der Waals surface area contributed by atoms with E-state index in [0.717, 1.165) is 5.03 Å². The summed E-state index contributed by atoms with van der Waals surface area (Å²) in [4.78, 5) is 3.33. The van der Waals surface area contributed by atoms with E-state index in [9.17, 15) is 0 Å². The Hall–Kier alpha value is -0.370. The molecule has 0 aliphatic heterocycles. The van der Waals surface area contributed by atoms with Crippen molar-refractivity contribution in [3.05, 3.63) is 16.8 Å². The molecule has 1 nitrogen and oxygen atoms in total. The number of rotatable bonds is 0. The number of aromatic nitrogens is 1. The van der Waals surface area contributed by atoms with Crippen LogP contribution in [0.4, 0.5) is 0 Å². The van der Waals surface area contributed by atoms with E-state index in [4.69, 9.17) is 0 Å². The van der Waals surface area contributed by atoms with Gasteiger partial charge in [0.1, 0.15) is 0 Å². The predicted octanol–water partition coefficient (Wildman–Crippen LogP) is 2.49. The van der Waals surface area contributed by atoms with Gasteiger partial charge in [-0.2, -0.15) is 0 Å². The highest BCUT2D eigenvalue weighted by Crippen LogP contribution is 2.27. The van der Waals surface area contributed by atoms with Gasteiger partial charge in [0.05, 0.1) is 5.03 Å². The van der Waals surface area contributed by atoms with Crippen molar-refractivity contribution in [3.63, 3.8) is 0 Å². The molecule has 1 aliphatic rings. The second kappa shape index (κ2) is 2.59. The zero-order valence-corrected chi connectivity index (χ0v) is 7.67. The van der Waals surface area contributed by atoms with Gasteiger partial charge in [-0.15, -0.1) is 12.6 Å². The summed E-state index contributed by atoms with van der Waals surface area (Å²) in [6, 6.07) is 0. The number of aromatic amines is 1. The van der Waals surface area contributed by atoms with Crippen molar-refractivity contribution in [1.29, 1.82) is 0 Å². The fraction of sp³-hybridized carbons (Fsp3) is 0.556. The lowest BCUT2D eigenvalue weighted by atomic mass is 9.96. The molecule has 1 aromatic rings. The van der Waals surface area contributed by atoms with E-state index in [-0.39, 0.29) is 0 Å². The molecule has 1 aliphatic carbocycles. The maximum Gasteiger partial charge on any atom is 0.0725 e. The smallest absolute Gasteiger partial charge is 0.0725 e. The monoisotopic (exact) mass is 167 g/mol. The molecule has 0 fully saturated rings. The van der Waals surface area contributed by atoms with Crippen LogP contribution in [-0.4, -0.2) is 4.98 Å². The molecule has 11 heavy (non-hydrogen) atoms. The van der Waals surface area contributed by atoms with E-state index in [1.54, 1.807) is 0 Å². The first-order valence-electron chi connectivity index (χ1n) is 4.18. The number of H-pyrrole nitrogens is 1. The maximum atomic E-state index is 4.37. The number of nitrogens with one attached hydrogen (secondary N) is 1. The third kappa shape index (κ3) is 1.09. The van der Waals surface area contributed by atoms with E-state index in [1.165, 1.54) is 42.5 Å². The molecule has 0 amide bonds. The van der Waals surface area contributed by atoms with Crippen LogP contribution in [0.15, 0.2) is 5.03 Å². The summed E-state index contributed by atoms with van der Waals surface area (Å²) in [5, 5.41) is 1.07. The van der Waals surface area contributed by atoms with Gasteiger partial charge in [-0.3, -0.25) is 0 Å². The number of fused-ring (bicyclic) bond motifs is 1. The van der Waals surface area contributed by atoms with Gasteiger partial charge in [0.15, 0.2) is 0 Å². The first-order valence-corrected chi connectivity index (χ1v) is 4.63. The number of aryl methyl sites for hydroxylation is 1. The molecule has 0 bridgehead atoms. The Kier molecular flexibility index (Phi) is 1.72. The lowest BCUT2D eigenvalue weighted by Crippen LogP contribution is -2.00. The second-order valence-corrected chi connectivity index (χ2v) is 3.71. The normalized spacial score (nSPS) is 16.5.